The van der Waals surface area contributed by atoms with Gasteiger partial charge in [0.15, 0.2) is 0 Å². The molecule has 134 valence electrons. The van der Waals surface area contributed by atoms with Gasteiger partial charge in [0, 0.05) is 25.5 Å². The van der Waals surface area contributed by atoms with Gasteiger partial charge >= 0.3 is 0 Å². The molecule has 1 aliphatic heterocycles. The zero-order chi connectivity index (χ0) is 17.9. The third-order valence-electron chi connectivity index (χ3n) is 4.80. The van der Waals surface area contributed by atoms with Crippen LogP contribution < -0.4 is 0 Å². The Kier molecular flexibility index (Phi) is 4.67. The fourth-order valence-corrected chi connectivity index (χ4v) is 3.46. The Balaban J connectivity index is 1.47. The Bertz CT molecular complexity index is 907. The molecule has 0 saturated carbocycles. The molecule has 6 nitrogen and oxygen atoms in total. The maximum atomic E-state index is 13.1. The number of aryl methyl sites for hydroxylation is 2. The average molecular weight is 350 g/mol. The minimum atomic E-state index is -0.00369. The van der Waals surface area contributed by atoms with Crippen LogP contribution in [0.25, 0.3) is 5.78 Å². The second-order valence-electron chi connectivity index (χ2n) is 6.60. The van der Waals surface area contributed by atoms with E-state index in [1.54, 1.807) is 10.6 Å². The van der Waals surface area contributed by atoms with Gasteiger partial charge in [-0.15, -0.1) is 0 Å². The van der Waals surface area contributed by atoms with E-state index < -0.39 is 0 Å². The Morgan fingerprint density at radius 1 is 1.27 bits per heavy atom. The van der Waals surface area contributed by atoms with Crippen molar-refractivity contribution in [3.8, 4) is 0 Å². The zero-order valence-corrected chi connectivity index (χ0v) is 14.8. The molecule has 0 N–H and O–H groups in total. The summed E-state index contributed by atoms with van der Waals surface area (Å²) < 4.78 is 7.66. The molecule has 2 aromatic heterocycles. The lowest BCUT2D eigenvalue weighted by Crippen LogP contribution is -2.46. The maximum absolute atomic E-state index is 13.1. The Hall–Kier alpha value is -2.73. The molecular weight excluding hydrogens is 328 g/mol. The van der Waals surface area contributed by atoms with Crippen molar-refractivity contribution in [1.82, 2.24) is 19.3 Å². The van der Waals surface area contributed by atoms with E-state index >= 15 is 0 Å². The molecule has 0 bridgehead atoms. The molecule has 1 aliphatic rings. The number of aromatic nitrogens is 3. The highest BCUT2D eigenvalue weighted by atomic mass is 16.5. The first-order valence-electron chi connectivity index (χ1n) is 8.97. The van der Waals surface area contributed by atoms with Crippen molar-refractivity contribution >= 4 is 11.7 Å². The summed E-state index contributed by atoms with van der Waals surface area (Å²) in [6.07, 6.45) is 5.44. The first-order valence-corrected chi connectivity index (χ1v) is 8.97. The van der Waals surface area contributed by atoms with Crippen LogP contribution in [0.1, 0.15) is 28.2 Å². The molecule has 0 aliphatic carbocycles. The first-order chi connectivity index (χ1) is 12.7. The van der Waals surface area contributed by atoms with Crippen molar-refractivity contribution < 1.29 is 9.53 Å². The highest BCUT2D eigenvalue weighted by Crippen LogP contribution is 2.17. The smallest absolute Gasteiger partial charge is 0.272 e. The first kappa shape index (κ1) is 16.7. The number of fused-ring (bicyclic) bond motifs is 1. The predicted molar refractivity (Wildman–Crippen MR) is 98.1 cm³/mol. The second kappa shape index (κ2) is 7.25. The van der Waals surface area contributed by atoms with E-state index in [1.165, 1.54) is 5.56 Å². The average Bonchev–Trinajstić information content (AvgIpc) is 3.02. The minimum Gasteiger partial charge on any atom is -0.375 e. The summed E-state index contributed by atoms with van der Waals surface area (Å²) in [6, 6.07) is 12.2. The van der Waals surface area contributed by atoms with E-state index in [9.17, 15) is 4.79 Å². The fraction of sp³-hybridized carbons (Fsp3) is 0.350. The van der Waals surface area contributed by atoms with Gasteiger partial charge in [-0.05, 0) is 31.4 Å². The van der Waals surface area contributed by atoms with Crippen molar-refractivity contribution in [3.05, 3.63) is 65.7 Å². The summed E-state index contributed by atoms with van der Waals surface area (Å²) in [5.41, 5.74) is 2.60. The molecule has 1 saturated heterocycles. The molecule has 26 heavy (non-hydrogen) atoms. The molecule has 1 unspecified atom stereocenters. The quantitative estimate of drug-likeness (QED) is 0.725. The summed E-state index contributed by atoms with van der Waals surface area (Å²) in [5, 5.41) is 0. The predicted octanol–water partition coefficient (Wildman–Crippen LogP) is 2.51. The van der Waals surface area contributed by atoms with Gasteiger partial charge in [0.05, 0.1) is 18.4 Å². The summed E-state index contributed by atoms with van der Waals surface area (Å²) >= 11 is 0. The molecule has 3 heterocycles. The lowest BCUT2D eigenvalue weighted by molar-refractivity contribution is -0.0248. The van der Waals surface area contributed by atoms with E-state index in [0.717, 1.165) is 12.8 Å². The number of hydrogen-bond donors (Lipinski definition) is 0. The summed E-state index contributed by atoms with van der Waals surface area (Å²) in [7, 11) is 0. The lowest BCUT2D eigenvalue weighted by atomic mass is 10.1. The number of ether oxygens (including phenoxy) is 1. The summed E-state index contributed by atoms with van der Waals surface area (Å²) in [4.78, 5) is 23.6. The van der Waals surface area contributed by atoms with Crippen LogP contribution in [0.2, 0.25) is 0 Å². The second-order valence-corrected chi connectivity index (χ2v) is 6.60. The number of nitrogens with zero attached hydrogens (tertiary/aromatic N) is 4. The van der Waals surface area contributed by atoms with Crippen LogP contribution in [-0.4, -0.2) is 51.0 Å². The van der Waals surface area contributed by atoms with Crippen molar-refractivity contribution in [2.45, 2.75) is 25.9 Å². The van der Waals surface area contributed by atoms with Crippen LogP contribution in [0.15, 0.2) is 48.8 Å². The molecule has 1 atom stereocenters. The Labute approximate surface area is 152 Å². The number of carbonyl (C=O) groups is 1. The van der Waals surface area contributed by atoms with Gasteiger partial charge < -0.3 is 9.64 Å². The van der Waals surface area contributed by atoms with Crippen molar-refractivity contribution in [2.24, 2.45) is 0 Å². The molecule has 3 aromatic rings. The van der Waals surface area contributed by atoms with Gasteiger partial charge in [-0.3, -0.25) is 9.20 Å². The van der Waals surface area contributed by atoms with Crippen LogP contribution in [0.4, 0.5) is 0 Å². The van der Waals surface area contributed by atoms with Crippen molar-refractivity contribution in [3.63, 3.8) is 0 Å². The molecule has 0 spiro atoms. The van der Waals surface area contributed by atoms with Gasteiger partial charge in [0.25, 0.3) is 5.91 Å². The molecule has 0 radical (unpaired) electrons. The maximum Gasteiger partial charge on any atom is 0.272 e. The number of imidazole rings is 1. The van der Waals surface area contributed by atoms with Crippen LogP contribution in [0.5, 0.6) is 0 Å². The zero-order valence-electron chi connectivity index (χ0n) is 14.8. The number of morpholine rings is 1. The molecule has 1 aromatic carbocycles. The van der Waals surface area contributed by atoms with Gasteiger partial charge in [0.2, 0.25) is 5.78 Å². The monoisotopic (exact) mass is 350 g/mol. The van der Waals surface area contributed by atoms with E-state index in [-0.39, 0.29) is 12.0 Å². The SMILES string of the molecule is Cc1nc2ncccn2c1C(=O)N1CCOC(CCc2ccccc2)C1. The highest BCUT2D eigenvalue weighted by molar-refractivity contribution is 5.94. The molecule has 1 fully saturated rings. The third-order valence-corrected chi connectivity index (χ3v) is 4.80. The Morgan fingerprint density at radius 2 is 2.12 bits per heavy atom. The van der Waals surface area contributed by atoms with Crippen molar-refractivity contribution in [2.75, 3.05) is 19.7 Å². The summed E-state index contributed by atoms with van der Waals surface area (Å²) in [5.74, 6) is 0.554. The topological polar surface area (TPSA) is 59.7 Å². The van der Waals surface area contributed by atoms with E-state index in [1.807, 2.05) is 30.2 Å². The van der Waals surface area contributed by atoms with Crippen LogP contribution in [0, 0.1) is 6.92 Å². The third kappa shape index (κ3) is 3.32. The Morgan fingerprint density at radius 3 is 2.96 bits per heavy atom. The molecule has 6 heteroatoms. The molecule has 1 amide bonds. The number of hydrogen-bond acceptors (Lipinski definition) is 4. The molecular formula is C20H22N4O2. The number of benzene rings is 1. The van der Waals surface area contributed by atoms with E-state index in [0.29, 0.717) is 36.9 Å². The van der Waals surface area contributed by atoms with E-state index in [2.05, 4.69) is 34.2 Å². The van der Waals surface area contributed by atoms with Gasteiger partial charge in [-0.2, -0.15) is 0 Å². The van der Waals surface area contributed by atoms with Gasteiger partial charge in [-0.25, -0.2) is 9.97 Å². The normalized spacial score (nSPS) is 17.6. The summed E-state index contributed by atoms with van der Waals surface area (Å²) in [6.45, 7) is 3.64. The number of rotatable bonds is 4. The van der Waals surface area contributed by atoms with E-state index in [4.69, 9.17) is 4.74 Å². The minimum absolute atomic E-state index is 0.00369. The highest BCUT2D eigenvalue weighted by Gasteiger charge is 2.28. The number of amides is 1. The standard InChI is InChI=1S/C20H22N4O2/c1-15-18(24-11-5-10-21-20(24)22-15)19(25)23-12-13-26-17(14-23)9-8-16-6-3-2-4-7-16/h2-7,10-11,17H,8-9,12-14H2,1H3. The van der Waals surface area contributed by atoms with Crippen LogP contribution >= 0.6 is 0 Å². The fourth-order valence-electron chi connectivity index (χ4n) is 3.46. The number of carbonyl (C=O) groups excluding carboxylic acids is 1. The van der Waals surface area contributed by atoms with Crippen LogP contribution in [0.3, 0.4) is 0 Å². The largest absolute Gasteiger partial charge is 0.375 e. The van der Waals surface area contributed by atoms with Gasteiger partial charge in [0.1, 0.15) is 5.69 Å². The van der Waals surface area contributed by atoms with Crippen LogP contribution in [-0.2, 0) is 11.2 Å². The molecule has 4 rings (SSSR count). The van der Waals surface area contributed by atoms with Crippen molar-refractivity contribution in [1.29, 1.82) is 0 Å². The lowest BCUT2D eigenvalue weighted by Gasteiger charge is -2.33. The van der Waals surface area contributed by atoms with Gasteiger partial charge in [-0.1, -0.05) is 30.3 Å².